The van der Waals surface area contributed by atoms with Crippen molar-refractivity contribution in [3.63, 3.8) is 0 Å². The fraction of sp³-hybridized carbons (Fsp3) is 0.462. The summed E-state index contributed by atoms with van der Waals surface area (Å²) in [6, 6.07) is 1.51. The van der Waals surface area contributed by atoms with Gasteiger partial charge in [-0.1, -0.05) is 0 Å². The summed E-state index contributed by atoms with van der Waals surface area (Å²) in [6.45, 7) is 0. The molecule has 1 aliphatic heterocycles. The third-order valence-corrected chi connectivity index (χ3v) is 3.20. The molecule has 1 aliphatic rings. The lowest BCUT2D eigenvalue weighted by Gasteiger charge is -2.17. The molecule has 0 unspecified atom stereocenters. The Balaban J connectivity index is 2.19. The Kier molecular flexibility index (Phi) is 4.31. The predicted molar refractivity (Wildman–Crippen MR) is 67.6 cm³/mol. The van der Waals surface area contributed by atoms with Gasteiger partial charge in [-0.25, -0.2) is 9.59 Å². The Morgan fingerprint density at radius 2 is 2.10 bits per heavy atom. The van der Waals surface area contributed by atoms with Crippen LogP contribution in [0.3, 0.4) is 0 Å². The molecule has 0 N–H and O–H groups in total. The van der Waals surface area contributed by atoms with Crippen molar-refractivity contribution in [2.75, 3.05) is 21.3 Å². The number of ether oxygens (including phenoxy) is 2. The number of carbonyl (C=O) groups is 2. The molecule has 0 aliphatic carbocycles. The van der Waals surface area contributed by atoms with Gasteiger partial charge in [0.05, 0.1) is 25.8 Å². The summed E-state index contributed by atoms with van der Waals surface area (Å²) in [5.41, 5.74) is 1.14. The number of hydrogen-bond acceptors (Lipinski definition) is 7. The first-order valence-corrected chi connectivity index (χ1v) is 6.07. The number of methoxy groups -OCH3 is 2. The highest BCUT2D eigenvalue weighted by Gasteiger charge is 2.37. The van der Waals surface area contributed by atoms with Crippen molar-refractivity contribution in [3.8, 4) is 0 Å². The van der Waals surface area contributed by atoms with E-state index in [1.807, 2.05) is 0 Å². The van der Waals surface area contributed by atoms with E-state index in [-0.39, 0.29) is 6.04 Å². The Morgan fingerprint density at radius 3 is 2.75 bits per heavy atom. The average molecular weight is 280 g/mol. The molecule has 0 bridgehead atoms. The molecule has 0 radical (unpaired) electrons. The van der Waals surface area contributed by atoms with Gasteiger partial charge in [0.1, 0.15) is 0 Å². The molecule has 1 fully saturated rings. The topological polar surface area (TPSA) is 78.0 Å². The summed E-state index contributed by atoms with van der Waals surface area (Å²) in [7, 11) is 4.35. The van der Waals surface area contributed by atoms with Gasteiger partial charge in [0.15, 0.2) is 6.10 Å². The minimum Gasteiger partial charge on any atom is -0.467 e. The molecule has 2 atom stereocenters. The van der Waals surface area contributed by atoms with Gasteiger partial charge in [0.25, 0.3) is 0 Å². The fourth-order valence-electron chi connectivity index (χ4n) is 2.15. The second-order valence-electron chi connectivity index (χ2n) is 4.41. The fourth-order valence-corrected chi connectivity index (χ4v) is 2.15. The molecule has 0 saturated carbocycles. The van der Waals surface area contributed by atoms with E-state index in [1.165, 1.54) is 20.4 Å². The van der Waals surface area contributed by atoms with E-state index in [9.17, 15) is 9.59 Å². The van der Waals surface area contributed by atoms with Crippen LogP contribution in [0.25, 0.3) is 0 Å². The largest absolute Gasteiger partial charge is 0.467 e. The van der Waals surface area contributed by atoms with Crippen LogP contribution in [0, 0.1) is 0 Å². The van der Waals surface area contributed by atoms with Crippen LogP contribution in [-0.4, -0.2) is 49.4 Å². The van der Waals surface area contributed by atoms with E-state index in [0.717, 1.165) is 5.56 Å². The van der Waals surface area contributed by atoms with Gasteiger partial charge >= 0.3 is 11.9 Å². The van der Waals surface area contributed by atoms with Crippen LogP contribution in [0.2, 0.25) is 0 Å². The highest BCUT2D eigenvalue weighted by atomic mass is 16.7. The number of nitrogens with zero attached hydrogens (tertiary/aromatic N) is 2. The first-order valence-electron chi connectivity index (χ1n) is 6.07. The van der Waals surface area contributed by atoms with Crippen molar-refractivity contribution in [1.82, 2.24) is 10.0 Å². The molecule has 7 heteroatoms. The third kappa shape index (κ3) is 2.78. The Labute approximate surface area is 116 Å². The molecule has 20 heavy (non-hydrogen) atoms. The number of carbonyl (C=O) groups excluding carboxylic acids is 2. The van der Waals surface area contributed by atoms with Gasteiger partial charge < -0.3 is 9.47 Å². The van der Waals surface area contributed by atoms with Crippen molar-refractivity contribution in [2.45, 2.75) is 18.6 Å². The Bertz CT molecular complexity index is 519. The highest BCUT2D eigenvalue weighted by Crippen LogP contribution is 2.33. The van der Waals surface area contributed by atoms with Crippen molar-refractivity contribution in [2.24, 2.45) is 0 Å². The standard InChI is InChI=1S/C13H16N2O5/c1-15-10(5-11(20-15)13(17)19-3)8-4-9(7-14-6-8)12(16)18-2/h4,6-7,10-11H,5H2,1-3H3/t10-,11-/m1/s1. The lowest BCUT2D eigenvalue weighted by molar-refractivity contribution is -0.179. The van der Waals surface area contributed by atoms with E-state index >= 15 is 0 Å². The maximum Gasteiger partial charge on any atom is 0.339 e. The predicted octanol–water partition coefficient (Wildman–Crippen LogP) is 0.718. The van der Waals surface area contributed by atoms with E-state index in [4.69, 9.17) is 4.84 Å². The van der Waals surface area contributed by atoms with Crippen LogP contribution in [-0.2, 0) is 19.1 Å². The zero-order valence-electron chi connectivity index (χ0n) is 11.5. The molecular weight excluding hydrogens is 264 g/mol. The summed E-state index contributed by atoms with van der Waals surface area (Å²) in [6.07, 6.45) is 2.87. The number of pyridine rings is 1. The smallest absolute Gasteiger partial charge is 0.339 e. The molecule has 1 aromatic rings. The first-order chi connectivity index (χ1) is 9.56. The second kappa shape index (κ2) is 5.98. The van der Waals surface area contributed by atoms with Crippen LogP contribution in [0.1, 0.15) is 28.4 Å². The first kappa shape index (κ1) is 14.4. The number of rotatable bonds is 3. The van der Waals surface area contributed by atoms with Gasteiger partial charge in [-0.2, -0.15) is 5.06 Å². The Morgan fingerprint density at radius 1 is 1.35 bits per heavy atom. The maximum atomic E-state index is 11.5. The van der Waals surface area contributed by atoms with Crippen molar-refractivity contribution in [1.29, 1.82) is 0 Å². The maximum absolute atomic E-state index is 11.5. The van der Waals surface area contributed by atoms with Crippen LogP contribution >= 0.6 is 0 Å². The van der Waals surface area contributed by atoms with Crippen LogP contribution in [0.4, 0.5) is 0 Å². The second-order valence-corrected chi connectivity index (χ2v) is 4.41. The van der Waals surface area contributed by atoms with E-state index in [0.29, 0.717) is 12.0 Å². The van der Waals surface area contributed by atoms with E-state index < -0.39 is 18.0 Å². The molecule has 2 rings (SSSR count). The minimum atomic E-state index is -0.642. The lowest BCUT2D eigenvalue weighted by Crippen LogP contribution is -2.23. The van der Waals surface area contributed by atoms with Crippen molar-refractivity contribution >= 4 is 11.9 Å². The number of esters is 2. The van der Waals surface area contributed by atoms with Crippen molar-refractivity contribution in [3.05, 3.63) is 29.6 Å². The van der Waals surface area contributed by atoms with Gasteiger partial charge in [0.2, 0.25) is 0 Å². The number of hydrogen-bond donors (Lipinski definition) is 0. The average Bonchev–Trinajstić information content (AvgIpc) is 2.87. The summed E-state index contributed by atoms with van der Waals surface area (Å²) >= 11 is 0. The molecule has 108 valence electrons. The summed E-state index contributed by atoms with van der Waals surface area (Å²) in [4.78, 5) is 32.4. The van der Waals surface area contributed by atoms with E-state index in [1.54, 1.807) is 24.4 Å². The third-order valence-electron chi connectivity index (χ3n) is 3.20. The zero-order valence-corrected chi connectivity index (χ0v) is 11.5. The normalized spacial score (nSPS) is 22.6. The van der Waals surface area contributed by atoms with Gasteiger partial charge in [-0.15, -0.1) is 0 Å². The van der Waals surface area contributed by atoms with Crippen LogP contribution < -0.4 is 0 Å². The van der Waals surface area contributed by atoms with E-state index in [2.05, 4.69) is 14.5 Å². The molecule has 1 saturated heterocycles. The molecule has 0 amide bonds. The molecule has 0 aromatic carbocycles. The summed E-state index contributed by atoms with van der Waals surface area (Å²) < 4.78 is 9.33. The molecule has 2 heterocycles. The minimum absolute atomic E-state index is 0.170. The Hall–Kier alpha value is -1.99. The summed E-state index contributed by atoms with van der Waals surface area (Å²) in [5.74, 6) is -0.873. The van der Waals surface area contributed by atoms with Crippen LogP contribution in [0.15, 0.2) is 18.5 Å². The lowest BCUT2D eigenvalue weighted by atomic mass is 10.0. The molecule has 7 nitrogen and oxygen atoms in total. The number of hydroxylamine groups is 2. The molecular formula is C13H16N2O5. The van der Waals surface area contributed by atoms with Gasteiger partial charge in [0, 0.05) is 25.9 Å². The highest BCUT2D eigenvalue weighted by molar-refractivity contribution is 5.89. The number of aromatic nitrogens is 1. The SMILES string of the molecule is COC(=O)c1cncc([C@H]2C[C@H](C(=O)OC)ON2C)c1. The monoisotopic (exact) mass is 280 g/mol. The summed E-state index contributed by atoms with van der Waals surface area (Å²) in [5, 5.41) is 1.57. The molecule has 0 spiro atoms. The van der Waals surface area contributed by atoms with Gasteiger partial charge in [-0.3, -0.25) is 9.82 Å². The van der Waals surface area contributed by atoms with Gasteiger partial charge in [-0.05, 0) is 11.6 Å². The quantitative estimate of drug-likeness (QED) is 0.755. The zero-order chi connectivity index (χ0) is 14.7. The molecule has 1 aromatic heterocycles. The van der Waals surface area contributed by atoms with Crippen molar-refractivity contribution < 1.29 is 23.9 Å². The van der Waals surface area contributed by atoms with Crippen LogP contribution in [0.5, 0.6) is 0 Å².